The molecule has 90 valence electrons. The largest absolute Gasteiger partial charge is 0.478 e. The third kappa shape index (κ3) is 3.46. The Bertz CT molecular complexity index is 461. The highest BCUT2D eigenvalue weighted by Gasteiger charge is 2.15. The van der Waals surface area contributed by atoms with Gasteiger partial charge in [0.1, 0.15) is 5.88 Å². The molecule has 0 aliphatic rings. The number of hydrogen-bond donors (Lipinski definition) is 3. The minimum absolute atomic E-state index is 0.0464. The molecule has 0 heterocycles. The van der Waals surface area contributed by atoms with E-state index in [-0.39, 0.29) is 17.0 Å². The fourth-order valence-corrected chi connectivity index (χ4v) is 1.16. The molecule has 0 fully saturated rings. The van der Waals surface area contributed by atoms with Crippen molar-refractivity contribution in [3.63, 3.8) is 0 Å². The normalized spacial score (nSPS) is 9.47. The van der Waals surface area contributed by atoms with Gasteiger partial charge in [0.15, 0.2) is 0 Å². The first-order valence-electron chi connectivity index (χ1n) is 4.53. The van der Waals surface area contributed by atoms with Gasteiger partial charge in [-0.05, 0) is 12.1 Å². The van der Waals surface area contributed by atoms with E-state index in [4.69, 9.17) is 16.7 Å². The predicted octanol–water partition coefficient (Wildman–Crippen LogP) is 0.385. The number of carbonyl (C=O) groups is 3. The lowest BCUT2D eigenvalue weighted by molar-refractivity contribution is -0.119. The Morgan fingerprint density at radius 2 is 1.71 bits per heavy atom. The van der Waals surface area contributed by atoms with Crippen molar-refractivity contribution in [2.75, 3.05) is 5.88 Å². The van der Waals surface area contributed by atoms with E-state index in [1.165, 1.54) is 24.3 Å². The zero-order chi connectivity index (χ0) is 12.8. The van der Waals surface area contributed by atoms with Gasteiger partial charge in [0.05, 0.1) is 11.1 Å². The Kier molecular flexibility index (Phi) is 4.47. The molecular weight excluding hydrogens is 248 g/mol. The fraction of sp³-hybridized carbons (Fsp3) is 0.100. The van der Waals surface area contributed by atoms with E-state index >= 15 is 0 Å². The van der Waals surface area contributed by atoms with E-state index in [1.807, 2.05) is 5.43 Å². The van der Waals surface area contributed by atoms with Gasteiger partial charge in [-0.25, -0.2) is 4.79 Å². The molecule has 1 rings (SSSR count). The van der Waals surface area contributed by atoms with Gasteiger partial charge in [-0.2, -0.15) is 0 Å². The van der Waals surface area contributed by atoms with Gasteiger partial charge in [-0.1, -0.05) is 12.1 Å². The SMILES string of the molecule is O=C(CCl)NNC(=O)c1ccccc1C(=O)O. The fourth-order valence-electron chi connectivity index (χ4n) is 1.09. The molecule has 6 nitrogen and oxygen atoms in total. The first-order valence-corrected chi connectivity index (χ1v) is 5.07. The van der Waals surface area contributed by atoms with Gasteiger partial charge in [0.2, 0.25) is 0 Å². The zero-order valence-corrected chi connectivity index (χ0v) is 9.32. The average Bonchev–Trinajstić information content (AvgIpc) is 2.35. The van der Waals surface area contributed by atoms with Crippen molar-refractivity contribution < 1.29 is 19.5 Å². The van der Waals surface area contributed by atoms with Crippen molar-refractivity contribution in [1.82, 2.24) is 10.9 Å². The highest BCUT2D eigenvalue weighted by atomic mass is 35.5. The second-order valence-corrected chi connectivity index (χ2v) is 3.25. The summed E-state index contributed by atoms with van der Waals surface area (Å²) in [5, 5.41) is 8.85. The maximum Gasteiger partial charge on any atom is 0.336 e. The van der Waals surface area contributed by atoms with Crippen LogP contribution in [0.4, 0.5) is 0 Å². The molecule has 0 aromatic heterocycles. The van der Waals surface area contributed by atoms with Crippen molar-refractivity contribution in [3.05, 3.63) is 35.4 Å². The van der Waals surface area contributed by atoms with Crippen LogP contribution in [0.5, 0.6) is 0 Å². The summed E-state index contributed by atoms with van der Waals surface area (Å²) in [7, 11) is 0. The summed E-state index contributed by atoms with van der Waals surface area (Å²) in [6.45, 7) is 0. The zero-order valence-electron chi connectivity index (χ0n) is 8.57. The molecule has 0 unspecified atom stereocenters. The summed E-state index contributed by atoms with van der Waals surface area (Å²) in [5.74, 6) is -2.84. The van der Waals surface area contributed by atoms with E-state index < -0.39 is 17.8 Å². The molecule has 3 N–H and O–H groups in total. The number of carbonyl (C=O) groups excluding carboxylic acids is 2. The lowest BCUT2D eigenvalue weighted by Gasteiger charge is -2.07. The maximum absolute atomic E-state index is 11.6. The van der Waals surface area contributed by atoms with Gasteiger partial charge >= 0.3 is 5.97 Å². The predicted molar refractivity (Wildman–Crippen MR) is 59.7 cm³/mol. The van der Waals surface area contributed by atoms with Gasteiger partial charge in [-0.15, -0.1) is 11.6 Å². The van der Waals surface area contributed by atoms with Crippen molar-refractivity contribution >= 4 is 29.4 Å². The second kappa shape index (κ2) is 5.86. The molecule has 2 amide bonds. The first-order chi connectivity index (χ1) is 8.06. The van der Waals surface area contributed by atoms with Crippen molar-refractivity contribution in [2.24, 2.45) is 0 Å². The molecule has 0 radical (unpaired) electrons. The number of hydrogen-bond acceptors (Lipinski definition) is 3. The first kappa shape index (κ1) is 13.0. The quantitative estimate of drug-likeness (QED) is 0.538. The van der Waals surface area contributed by atoms with Crippen LogP contribution in [0.3, 0.4) is 0 Å². The van der Waals surface area contributed by atoms with Gasteiger partial charge in [0, 0.05) is 0 Å². The molecule has 1 aromatic rings. The van der Waals surface area contributed by atoms with Crippen molar-refractivity contribution in [1.29, 1.82) is 0 Å². The Morgan fingerprint density at radius 1 is 1.12 bits per heavy atom. The average molecular weight is 257 g/mol. The number of nitrogens with one attached hydrogen (secondary N) is 2. The minimum Gasteiger partial charge on any atom is -0.478 e. The number of carboxylic acids is 1. The number of benzene rings is 1. The van der Waals surface area contributed by atoms with E-state index in [1.54, 1.807) is 0 Å². The maximum atomic E-state index is 11.6. The number of halogens is 1. The molecule has 1 aromatic carbocycles. The summed E-state index contributed by atoms with van der Waals surface area (Å²) in [4.78, 5) is 33.2. The molecule has 7 heteroatoms. The van der Waals surface area contributed by atoms with Gasteiger partial charge < -0.3 is 5.11 Å². The third-order valence-corrected chi connectivity index (χ3v) is 2.08. The molecule has 0 bridgehead atoms. The molecule has 0 saturated carbocycles. The van der Waals surface area contributed by atoms with Crippen LogP contribution in [0.15, 0.2) is 24.3 Å². The Morgan fingerprint density at radius 3 is 2.24 bits per heavy atom. The summed E-state index contributed by atoms with van der Waals surface area (Å²) in [6, 6.07) is 5.65. The molecule has 0 saturated heterocycles. The van der Waals surface area contributed by atoms with Crippen LogP contribution in [-0.4, -0.2) is 28.8 Å². The second-order valence-electron chi connectivity index (χ2n) is 2.99. The van der Waals surface area contributed by atoms with Crippen molar-refractivity contribution in [3.8, 4) is 0 Å². The molecule has 0 aliphatic heterocycles. The third-order valence-electron chi connectivity index (χ3n) is 1.84. The summed E-state index contributed by atoms with van der Waals surface area (Å²) in [5.41, 5.74) is 3.90. The highest BCUT2D eigenvalue weighted by molar-refractivity contribution is 6.27. The summed E-state index contributed by atoms with van der Waals surface area (Å²) < 4.78 is 0. The van der Waals surface area contributed by atoms with Gasteiger partial charge in [-0.3, -0.25) is 20.4 Å². The van der Waals surface area contributed by atoms with Gasteiger partial charge in [0.25, 0.3) is 11.8 Å². The van der Waals surface area contributed by atoms with Crippen LogP contribution in [0.1, 0.15) is 20.7 Å². The molecule has 0 spiro atoms. The summed E-state index contributed by atoms with van der Waals surface area (Å²) in [6.07, 6.45) is 0. The molecule has 0 aliphatic carbocycles. The number of rotatable bonds is 3. The number of alkyl halides is 1. The molecule has 0 atom stereocenters. The van der Waals surface area contributed by atoms with Crippen LogP contribution in [-0.2, 0) is 4.79 Å². The molecular formula is C10H9ClN2O4. The summed E-state index contributed by atoms with van der Waals surface area (Å²) >= 11 is 5.21. The smallest absolute Gasteiger partial charge is 0.336 e. The number of hydrazine groups is 1. The Hall–Kier alpha value is -2.08. The van der Waals surface area contributed by atoms with E-state index in [9.17, 15) is 14.4 Å². The topological polar surface area (TPSA) is 95.5 Å². The van der Waals surface area contributed by atoms with Crippen LogP contribution < -0.4 is 10.9 Å². The van der Waals surface area contributed by atoms with Crippen LogP contribution in [0, 0.1) is 0 Å². The Labute approximate surface area is 102 Å². The van der Waals surface area contributed by atoms with Crippen molar-refractivity contribution in [2.45, 2.75) is 0 Å². The standard InChI is InChI=1S/C10H9ClN2O4/c11-5-8(14)12-13-9(15)6-3-1-2-4-7(6)10(16)17/h1-4H,5H2,(H,12,14)(H,13,15)(H,16,17). The van der Waals surface area contributed by atoms with Crippen LogP contribution in [0.2, 0.25) is 0 Å². The highest BCUT2D eigenvalue weighted by Crippen LogP contribution is 2.08. The molecule has 17 heavy (non-hydrogen) atoms. The number of aromatic carboxylic acids is 1. The lowest BCUT2D eigenvalue weighted by atomic mass is 10.1. The monoisotopic (exact) mass is 256 g/mol. The van der Waals surface area contributed by atoms with Crippen LogP contribution >= 0.6 is 11.6 Å². The number of carboxylic acid groups (broad SMARTS) is 1. The van der Waals surface area contributed by atoms with E-state index in [0.717, 1.165) is 0 Å². The number of amides is 2. The van der Waals surface area contributed by atoms with E-state index in [0.29, 0.717) is 0 Å². The minimum atomic E-state index is -1.22. The van der Waals surface area contributed by atoms with Crippen LogP contribution in [0.25, 0.3) is 0 Å². The lowest BCUT2D eigenvalue weighted by Crippen LogP contribution is -2.42. The Balaban J connectivity index is 2.82. The van der Waals surface area contributed by atoms with E-state index in [2.05, 4.69) is 5.43 Å².